The summed E-state index contributed by atoms with van der Waals surface area (Å²) in [7, 11) is 0. The molecule has 3 heterocycles. The van der Waals surface area contributed by atoms with Crippen LogP contribution in [0.5, 0.6) is 0 Å². The summed E-state index contributed by atoms with van der Waals surface area (Å²) in [6.07, 6.45) is 5.78. The third kappa shape index (κ3) is 5.62. The van der Waals surface area contributed by atoms with E-state index in [2.05, 4.69) is 36.6 Å². The van der Waals surface area contributed by atoms with Gasteiger partial charge in [-0.05, 0) is 48.5 Å². The molecule has 11 heteroatoms. The Balaban J connectivity index is 1.48. The summed E-state index contributed by atoms with van der Waals surface area (Å²) in [6.45, 7) is 0. The van der Waals surface area contributed by atoms with Crippen LogP contribution in [-0.4, -0.2) is 39.7 Å². The van der Waals surface area contributed by atoms with Gasteiger partial charge in [-0.1, -0.05) is 27.7 Å². The van der Waals surface area contributed by atoms with Crippen LogP contribution in [0.2, 0.25) is 0 Å². The van der Waals surface area contributed by atoms with Crippen molar-refractivity contribution >= 4 is 62.8 Å². The second-order valence-electron chi connectivity index (χ2n) is 6.42. The maximum atomic E-state index is 12.9. The van der Waals surface area contributed by atoms with Crippen molar-refractivity contribution in [2.24, 2.45) is 15.3 Å². The number of hydrogen-bond acceptors (Lipinski definition) is 8. The topological polar surface area (TPSA) is 113 Å². The highest BCUT2D eigenvalue weighted by atomic mass is 79.9. The van der Waals surface area contributed by atoms with Gasteiger partial charge >= 0.3 is 0 Å². The molecule has 3 aromatic rings. The lowest BCUT2D eigenvalue weighted by atomic mass is 10.2. The van der Waals surface area contributed by atoms with Crippen molar-refractivity contribution in [1.82, 2.24) is 5.01 Å². The van der Waals surface area contributed by atoms with E-state index >= 15 is 0 Å². The van der Waals surface area contributed by atoms with Crippen LogP contribution in [0.4, 0.5) is 5.69 Å². The zero-order chi connectivity index (χ0) is 22.3. The molecule has 1 atom stereocenters. The third-order valence-electron chi connectivity index (χ3n) is 4.13. The third-order valence-corrected chi connectivity index (χ3v) is 5.77. The van der Waals surface area contributed by atoms with Crippen LogP contribution in [0.3, 0.4) is 0 Å². The smallest absolute Gasteiger partial charge is 0.263 e. The molecule has 1 fully saturated rings. The van der Waals surface area contributed by atoms with Crippen LogP contribution < -0.4 is 5.32 Å². The highest BCUT2D eigenvalue weighted by Crippen LogP contribution is 2.30. The quantitative estimate of drug-likeness (QED) is 0.373. The van der Waals surface area contributed by atoms with E-state index in [1.807, 2.05) is 12.1 Å². The molecule has 1 saturated heterocycles. The van der Waals surface area contributed by atoms with Gasteiger partial charge in [0.1, 0.15) is 16.8 Å². The van der Waals surface area contributed by atoms with Crippen LogP contribution in [-0.2, 0) is 9.59 Å². The van der Waals surface area contributed by atoms with Gasteiger partial charge in [0.15, 0.2) is 0 Å². The van der Waals surface area contributed by atoms with Crippen molar-refractivity contribution in [1.29, 1.82) is 0 Å². The van der Waals surface area contributed by atoms with Gasteiger partial charge in [0.25, 0.3) is 5.91 Å². The highest BCUT2D eigenvalue weighted by Gasteiger charge is 2.39. The van der Waals surface area contributed by atoms with Gasteiger partial charge in [-0.2, -0.15) is 15.2 Å². The van der Waals surface area contributed by atoms with Gasteiger partial charge in [0, 0.05) is 16.6 Å². The zero-order valence-corrected chi connectivity index (χ0v) is 18.8. The zero-order valence-electron chi connectivity index (χ0n) is 16.4. The number of benzene rings is 1. The van der Waals surface area contributed by atoms with E-state index in [4.69, 9.17) is 8.83 Å². The molecule has 1 N–H and O–H groups in total. The number of furan rings is 2. The molecule has 162 valence electrons. The van der Waals surface area contributed by atoms with Crippen LogP contribution in [0.25, 0.3) is 0 Å². The lowest BCUT2D eigenvalue weighted by Gasteiger charge is -2.09. The van der Waals surface area contributed by atoms with E-state index < -0.39 is 5.25 Å². The molecule has 1 aromatic carbocycles. The fraction of sp³-hybridized carbons (Fsp3) is 0.0952. The number of nitrogens with zero attached hydrogens (tertiary/aromatic N) is 4. The first-order chi connectivity index (χ1) is 15.6. The summed E-state index contributed by atoms with van der Waals surface area (Å²) < 4.78 is 11.3. The molecule has 0 aliphatic carbocycles. The number of hydrazone groups is 1. The summed E-state index contributed by atoms with van der Waals surface area (Å²) >= 11 is 4.46. The predicted octanol–water partition coefficient (Wildman–Crippen LogP) is 4.33. The second-order valence-corrected chi connectivity index (χ2v) is 8.50. The van der Waals surface area contributed by atoms with E-state index in [1.165, 1.54) is 25.0 Å². The minimum Gasteiger partial charge on any atom is -0.463 e. The number of carbonyl (C=O) groups excluding carboxylic acids is 2. The summed E-state index contributed by atoms with van der Waals surface area (Å²) in [5.74, 6) is 0.307. The normalized spacial score (nSPS) is 17.8. The van der Waals surface area contributed by atoms with Crippen molar-refractivity contribution in [2.75, 3.05) is 5.32 Å². The molecule has 1 aliphatic rings. The standard InChI is InChI=1S/C21H16BrN5O4S/c22-14-5-7-15(8-6-14)25-19(28)11-18-20(29)27(24-13-17-4-2-10-31-17)21(32-18)26-23-12-16-3-1-9-30-16/h1-10,12-13,18H,11H2,(H,25,28)/b23-12+,24-13+,26-21+. The van der Waals surface area contributed by atoms with Crippen molar-refractivity contribution < 1.29 is 18.4 Å². The monoisotopic (exact) mass is 513 g/mol. The molecule has 0 spiro atoms. The summed E-state index contributed by atoms with van der Waals surface area (Å²) in [5.41, 5.74) is 0.637. The first kappa shape index (κ1) is 21.8. The average Bonchev–Trinajstić information content (AvgIpc) is 3.53. The van der Waals surface area contributed by atoms with Crippen LogP contribution in [0.1, 0.15) is 17.9 Å². The molecule has 0 radical (unpaired) electrons. The number of halogens is 1. The number of amidine groups is 1. The van der Waals surface area contributed by atoms with Gasteiger partial charge in [0.05, 0.1) is 25.0 Å². The van der Waals surface area contributed by atoms with Crippen LogP contribution in [0, 0.1) is 0 Å². The first-order valence-corrected chi connectivity index (χ1v) is 11.0. The van der Waals surface area contributed by atoms with Crippen molar-refractivity contribution in [2.45, 2.75) is 11.7 Å². The Morgan fingerprint density at radius 3 is 2.44 bits per heavy atom. The maximum absolute atomic E-state index is 12.9. The van der Waals surface area contributed by atoms with Crippen molar-refractivity contribution in [3.8, 4) is 0 Å². The van der Waals surface area contributed by atoms with E-state index in [9.17, 15) is 9.59 Å². The SMILES string of the molecule is O=C(CC1S/C(=N/N=C/c2ccco2)N(/N=C/c2ccco2)C1=O)Nc1ccc(Br)cc1. The molecular formula is C21H16BrN5O4S. The molecule has 2 aromatic heterocycles. The van der Waals surface area contributed by atoms with Crippen LogP contribution >= 0.6 is 27.7 Å². The van der Waals surface area contributed by atoms with Gasteiger partial charge in [-0.25, -0.2) is 0 Å². The number of anilines is 1. The van der Waals surface area contributed by atoms with E-state index in [0.29, 0.717) is 17.2 Å². The lowest BCUT2D eigenvalue weighted by molar-refractivity contribution is -0.128. The molecule has 1 unspecified atom stereocenters. The molecule has 9 nitrogen and oxygen atoms in total. The van der Waals surface area contributed by atoms with E-state index in [1.54, 1.807) is 36.4 Å². The molecule has 2 amide bonds. The number of hydrogen-bond donors (Lipinski definition) is 1. The Kier molecular flexibility index (Phi) is 6.97. The fourth-order valence-corrected chi connectivity index (χ4v) is 3.94. The van der Waals surface area contributed by atoms with E-state index in [0.717, 1.165) is 21.2 Å². The van der Waals surface area contributed by atoms with Gasteiger partial charge < -0.3 is 14.2 Å². The number of amides is 2. The molecule has 4 rings (SSSR count). The molecule has 0 bridgehead atoms. The fourth-order valence-electron chi connectivity index (χ4n) is 2.65. The number of thioether (sulfide) groups is 1. The van der Waals surface area contributed by atoms with Gasteiger partial charge in [0.2, 0.25) is 11.1 Å². The van der Waals surface area contributed by atoms with Gasteiger partial charge in [-0.15, -0.1) is 5.10 Å². The summed E-state index contributed by atoms with van der Waals surface area (Å²) in [4.78, 5) is 25.4. The predicted molar refractivity (Wildman–Crippen MR) is 126 cm³/mol. The minimum absolute atomic E-state index is 0.0484. The highest BCUT2D eigenvalue weighted by molar-refractivity contribution is 9.10. The Hall–Kier alpha value is -3.44. The summed E-state index contributed by atoms with van der Waals surface area (Å²) in [6, 6.07) is 14.0. The Bertz CT molecular complexity index is 1160. The lowest BCUT2D eigenvalue weighted by Crippen LogP contribution is -2.29. The molecular weight excluding hydrogens is 498 g/mol. The van der Waals surface area contributed by atoms with Crippen molar-refractivity contribution in [3.63, 3.8) is 0 Å². The largest absolute Gasteiger partial charge is 0.463 e. The minimum atomic E-state index is -0.697. The Morgan fingerprint density at radius 2 is 1.78 bits per heavy atom. The second kappa shape index (κ2) is 10.2. The molecule has 32 heavy (non-hydrogen) atoms. The van der Waals surface area contributed by atoms with Gasteiger partial charge in [-0.3, -0.25) is 9.59 Å². The summed E-state index contributed by atoms with van der Waals surface area (Å²) in [5, 5.41) is 15.7. The molecule has 1 aliphatic heterocycles. The Labute approximate surface area is 195 Å². The van der Waals surface area contributed by atoms with Crippen molar-refractivity contribution in [3.05, 3.63) is 77.1 Å². The van der Waals surface area contributed by atoms with E-state index in [-0.39, 0.29) is 23.4 Å². The number of rotatable bonds is 7. The Morgan fingerprint density at radius 1 is 1.09 bits per heavy atom. The maximum Gasteiger partial charge on any atom is 0.263 e. The first-order valence-electron chi connectivity index (χ1n) is 9.36. The molecule has 0 saturated carbocycles. The van der Waals surface area contributed by atoms with Crippen LogP contribution in [0.15, 0.2) is 89.7 Å². The number of carbonyl (C=O) groups is 2. The average molecular weight is 514 g/mol. The number of nitrogens with one attached hydrogen (secondary N) is 1.